The number of amidine groups is 1. The molecule has 0 spiro atoms. The molecule has 7 heteroatoms. The first-order valence-electron chi connectivity index (χ1n) is 20.3. The monoisotopic (exact) mass is 787 g/mol. The smallest absolute Gasteiger partial charge is 0.164 e. The first-order valence-corrected chi connectivity index (χ1v) is 20.3. The normalized spacial score (nSPS) is 13.9. The largest absolute Gasteiger partial charge is 0.245 e. The van der Waals surface area contributed by atoms with Gasteiger partial charge in [-0.05, 0) is 83.3 Å². The molecule has 2 aromatic heterocycles. The molecule has 2 heterocycles. The van der Waals surface area contributed by atoms with Gasteiger partial charge in [-0.1, -0.05) is 158 Å². The summed E-state index contributed by atoms with van der Waals surface area (Å²) >= 11 is 0. The van der Waals surface area contributed by atoms with Gasteiger partial charge in [0, 0.05) is 52.3 Å². The van der Waals surface area contributed by atoms with Gasteiger partial charge < -0.3 is 0 Å². The van der Waals surface area contributed by atoms with Crippen LogP contribution in [0.15, 0.2) is 211 Å². The highest BCUT2D eigenvalue weighted by atomic mass is 15.0. The van der Waals surface area contributed by atoms with Crippen LogP contribution in [0, 0.1) is 0 Å². The summed E-state index contributed by atoms with van der Waals surface area (Å²) in [4.78, 5) is 33.1. The van der Waals surface area contributed by atoms with E-state index in [-0.39, 0.29) is 5.92 Å². The molecule has 0 fully saturated rings. The Morgan fingerprint density at radius 2 is 1.05 bits per heavy atom. The van der Waals surface area contributed by atoms with Gasteiger partial charge in [-0.25, -0.2) is 34.9 Å². The molecular weight excluding hydrogens is 747 g/mol. The summed E-state index contributed by atoms with van der Waals surface area (Å²) in [6.07, 6.45) is 14.6. The first-order chi connectivity index (χ1) is 30.1. The first kappa shape index (κ1) is 38.5. The van der Waals surface area contributed by atoms with Crippen molar-refractivity contribution in [1.82, 2.24) is 24.9 Å². The number of aliphatic imine (C=N–C) groups is 2. The Labute approximate surface area is 356 Å². The predicted octanol–water partition coefficient (Wildman–Crippen LogP) is 12.8. The van der Waals surface area contributed by atoms with Crippen molar-refractivity contribution < 1.29 is 0 Å². The fourth-order valence-corrected chi connectivity index (χ4v) is 7.45. The zero-order valence-electron chi connectivity index (χ0n) is 33.7. The third kappa shape index (κ3) is 8.72. The van der Waals surface area contributed by atoms with Crippen molar-refractivity contribution in [2.45, 2.75) is 19.3 Å². The molecule has 1 aliphatic rings. The van der Waals surface area contributed by atoms with Crippen LogP contribution in [0.2, 0.25) is 0 Å². The molecule has 61 heavy (non-hydrogen) atoms. The molecule has 0 aliphatic heterocycles. The van der Waals surface area contributed by atoms with Gasteiger partial charge in [0.2, 0.25) is 0 Å². The number of allylic oxidation sites excluding steroid dienone is 5. The molecule has 292 valence electrons. The zero-order chi connectivity index (χ0) is 41.4. The highest BCUT2D eigenvalue weighted by Gasteiger charge is 2.18. The summed E-state index contributed by atoms with van der Waals surface area (Å²) in [5.41, 5.74) is 12.2. The molecule has 0 amide bonds. The van der Waals surface area contributed by atoms with Gasteiger partial charge in [-0.3, -0.25) is 0 Å². The van der Waals surface area contributed by atoms with Gasteiger partial charge >= 0.3 is 0 Å². The molecule has 0 saturated carbocycles. The van der Waals surface area contributed by atoms with E-state index >= 15 is 0 Å². The summed E-state index contributed by atoms with van der Waals surface area (Å²) in [6.45, 7) is 5.66. The van der Waals surface area contributed by atoms with Gasteiger partial charge in [0.1, 0.15) is 0 Å². The maximum Gasteiger partial charge on any atom is 0.164 e. The zero-order valence-corrected chi connectivity index (χ0v) is 33.7. The van der Waals surface area contributed by atoms with Gasteiger partial charge in [0.15, 0.2) is 29.1 Å². The van der Waals surface area contributed by atoms with E-state index in [1.165, 1.54) is 5.56 Å². The van der Waals surface area contributed by atoms with Crippen LogP contribution in [0.1, 0.15) is 36.2 Å². The Kier molecular flexibility index (Phi) is 11.3. The van der Waals surface area contributed by atoms with Crippen molar-refractivity contribution in [2.75, 3.05) is 0 Å². The Balaban J connectivity index is 1.16. The van der Waals surface area contributed by atoms with Gasteiger partial charge in [-0.2, -0.15) is 0 Å². The number of benzene rings is 6. The van der Waals surface area contributed by atoms with Crippen LogP contribution < -0.4 is 0 Å². The standard InChI is InChI=1S/C54H41N7/c1-3-31-56-50(55-2)43-23-19-41(20-24-43)47-34-48(42-21-25-44(26-22-42)51-57-32-10-33-58-51)36-49(35-47)54-60-52(45-27-15-39(16-28-45)37-11-6-4-7-12-37)59-53(61-54)46-29-17-40(18-30-46)38-13-8-5-9-14-38/h3-17,19-36,40H,2,18H2,1H3/b31-3-,56-50?. The van der Waals surface area contributed by atoms with Crippen molar-refractivity contribution in [3.05, 3.63) is 218 Å². The molecule has 8 aromatic rings. The lowest BCUT2D eigenvalue weighted by Gasteiger charge is -2.17. The number of rotatable bonds is 10. The maximum atomic E-state index is 5.22. The minimum atomic E-state index is 0.287. The number of nitrogens with zero attached hydrogens (tertiary/aromatic N) is 7. The topological polar surface area (TPSA) is 89.2 Å². The minimum Gasteiger partial charge on any atom is -0.245 e. The van der Waals surface area contributed by atoms with E-state index < -0.39 is 0 Å². The van der Waals surface area contributed by atoms with E-state index in [0.29, 0.717) is 29.1 Å². The number of hydrogen-bond acceptors (Lipinski definition) is 6. The van der Waals surface area contributed by atoms with E-state index in [0.717, 1.165) is 67.6 Å². The number of hydrogen-bond donors (Lipinski definition) is 0. The second kappa shape index (κ2) is 17.9. The van der Waals surface area contributed by atoms with Crippen molar-refractivity contribution in [2.24, 2.45) is 9.98 Å². The average Bonchev–Trinajstić information content (AvgIpc) is 3.35. The maximum absolute atomic E-state index is 5.22. The van der Waals surface area contributed by atoms with Crippen molar-refractivity contribution in [1.29, 1.82) is 0 Å². The lowest BCUT2D eigenvalue weighted by Crippen LogP contribution is -2.05. The Hall–Kier alpha value is -8.03. The van der Waals surface area contributed by atoms with Crippen molar-refractivity contribution in [3.8, 4) is 67.5 Å². The number of aromatic nitrogens is 5. The van der Waals surface area contributed by atoms with Gasteiger partial charge in [0.05, 0.1) is 0 Å². The Morgan fingerprint density at radius 1 is 0.541 bits per heavy atom. The van der Waals surface area contributed by atoms with Crippen LogP contribution in [-0.2, 0) is 0 Å². The van der Waals surface area contributed by atoms with Crippen LogP contribution in [-0.4, -0.2) is 37.5 Å². The van der Waals surface area contributed by atoms with E-state index in [2.05, 4.69) is 178 Å². The molecule has 1 aliphatic carbocycles. The van der Waals surface area contributed by atoms with Crippen LogP contribution in [0.3, 0.4) is 0 Å². The Bertz CT molecular complexity index is 2920. The second-order valence-corrected chi connectivity index (χ2v) is 14.6. The molecule has 9 rings (SSSR count). The summed E-state index contributed by atoms with van der Waals surface area (Å²) in [5.74, 6) is 3.34. The highest BCUT2D eigenvalue weighted by Crippen LogP contribution is 2.36. The molecule has 0 bridgehead atoms. The molecule has 0 N–H and O–H groups in total. The summed E-state index contributed by atoms with van der Waals surface area (Å²) in [5, 5.41) is 0. The fraction of sp³-hybridized carbons (Fsp3) is 0.0556. The van der Waals surface area contributed by atoms with Crippen molar-refractivity contribution >= 4 is 18.1 Å². The van der Waals surface area contributed by atoms with E-state index in [1.807, 2.05) is 37.3 Å². The summed E-state index contributed by atoms with van der Waals surface area (Å²) < 4.78 is 0. The van der Waals surface area contributed by atoms with E-state index in [9.17, 15) is 0 Å². The Morgan fingerprint density at radius 3 is 1.64 bits per heavy atom. The fourth-order valence-electron chi connectivity index (χ4n) is 7.45. The van der Waals surface area contributed by atoms with Gasteiger partial charge in [0.25, 0.3) is 0 Å². The SMILES string of the molecule is C=NC(=N/C=C\C)c1ccc(-c2cc(-c3ccc(-c4ncccn4)cc3)cc(-c3nc(C4=CCC(c5ccccc5)C=C4)nc(-c4ccc(-c5ccccc5)cc4)n3)c2)cc1. The van der Waals surface area contributed by atoms with E-state index in [4.69, 9.17) is 15.0 Å². The van der Waals surface area contributed by atoms with Crippen LogP contribution in [0.5, 0.6) is 0 Å². The third-order valence-corrected chi connectivity index (χ3v) is 10.7. The summed E-state index contributed by atoms with van der Waals surface area (Å²) in [6, 6.07) is 54.3. The second-order valence-electron chi connectivity index (χ2n) is 14.6. The molecule has 7 nitrogen and oxygen atoms in total. The van der Waals surface area contributed by atoms with E-state index in [1.54, 1.807) is 18.6 Å². The average molecular weight is 788 g/mol. The predicted molar refractivity (Wildman–Crippen MR) is 250 cm³/mol. The lowest BCUT2D eigenvalue weighted by atomic mass is 9.90. The summed E-state index contributed by atoms with van der Waals surface area (Å²) in [7, 11) is 0. The van der Waals surface area contributed by atoms with Crippen LogP contribution >= 0.6 is 0 Å². The minimum absolute atomic E-state index is 0.287. The highest BCUT2D eigenvalue weighted by molar-refractivity contribution is 6.02. The molecular formula is C54H41N7. The molecule has 0 saturated heterocycles. The van der Waals surface area contributed by atoms with Crippen molar-refractivity contribution in [3.63, 3.8) is 0 Å². The van der Waals surface area contributed by atoms with Crippen LogP contribution in [0.4, 0.5) is 0 Å². The molecule has 0 radical (unpaired) electrons. The molecule has 6 aromatic carbocycles. The lowest BCUT2D eigenvalue weighted by molar-refractivity contribution is 0.854. The van der Waals surface area contributed by atoms with Gasteiger partial charge in [-0.15, -0.1) is 0 Å². The molecule has 1 unspecified atom stereocenters. The quantitative estimate of drug-likeness (QED) is 0.102. The third-order valence-electron chi connectivity index (χ3n) is 10.7. The molecule has 1 atom stereocenters. The van der Waals surface area contributed by atoms with Crippen LogP contribution in [0.25, 0.3) is 73.1 Å².